The molecule has 0 unspecified atom stereocenters. The van der Waals surface area contributed by atoms with Crippen molar-refractivity contribution in [2.75, 3.05) is 0 Å². The molecule has 1 amide bonds. The van der Waals surface area contributed by atoms with E-state index >= 15 is 0 Å². The standard InChI is InChI=1S/C10H12N2O2/c1-6-4-12-5-8(10(11)13)9(6)14-7-2-3-7/h4-5,7H,2-3H2,1H3,(H2,11,13). The van der Waals surface area contributed by atoms with Crippen LogP contribution >= 0.6 is 0 Å². The summed E-state index contributed by atoms with van der Waals surface area (Å²) in [6, 6.07) is 0. The van der Waals surface area contributed by atoms with E-state index < -0.39 is 5.91 Å². The number of rotatable bonds is 3. The fourth-order valence-electron chi connectivity index (χ4n) is 1.24. The molecule has 0 saturated heterocycles. The van der Waals surface area contributed by atoms with Crippen LogP contribution in [0.2, 0.25) is 0 Å². The Morgan fingerprint density at radius 3 is 2.86 bits per heavy atom. The number of primary amides is 1. The van der Waals surface area contributed by atoms with Crippen LogP contribution in [-0.2, 0) is 0 Å². The summed E-state index contributed by atoms with van der Waals surface area (Å²) in [6.07, 6.45) is 5.49. The first-order valence-electron chi connectivity index (χ1n) is 4.59. The number of carbonyl (C=O) groups excluding carboxylic acids is 1. The molecule has 0 radical (unpaired) electrons. The van der Waals surface area contributed by atoms with Gasteiger partial charge in [0.2, 0.25) is 0 Å². The Hall–Kier alpha value is -1.58. The fourth-order valence-corrected chi connectivity index (χ4v) is 1.24. The van der Waals surface area contributed by atoms with Gasteiger partial charge in [-0.15, -0.1) is 0 Å². The van der Waals surface area contributed by atoms with Crippen LogP contribution in [0.25, 0.3) is 0 Å². The number of amides is 1. The van der Waals surface area contributed by atoms with E-state index in [1.165, 1.54) is 6.20 Å². The summed E-state index contributed by atoms with van der Waals surface area (Å²) >= 11 is 0. The van der Waals surface area contributed by atoms with E-state index in [9.17, 15) is 4.79 Å². The summed E-state index contributed by atoms with van der Waals surface area (Å²) in [5, 5.41) is 0. The lowest BCUT2D eigenvalue weighted by atomic mass is 10.2. The van der Waals surface area contributed by atoms with E-state index in [0.717, 1.165) is 18.4 Å². The first kappa shape index (κ1) is 8.99. The van der Waals surface area contributed by atoms with E-state index in [0.29, 0.717) is 11.3 Å². The van der Waals surface area contributed by atoms with Gasteiger partial charge in [0.05, 0.1) is 11.7 Å². The van der Waals surface area contributed by atoms with Crippen LogP contribution < -0.4 is 10.5 Å². The van der Waals surface area contributed by atoms with Gasteiger partial charge in [-0.3, -0.25) is 9.78 Å². The van der Waals surface area contributed by atoms with Gasteiger partial charge in [0, 0.05) is 18.0 Å². The van der Waals surface area contributed by atoms with E-state index in [4.69, 9.17) is 10.5 Å². The molecule has 0 bridgehead atoms. The zero-order chi connectivity index (χ0) is 10.1. The molecule has 0 aliphatic heterocycles. The van der Waals surface area contributed by atoms with Crippen molar-refractivity contribution in [1.29, 1.82) is 0 Å². The molecule has 1 aromatic rings. The molecule has 1 saturated carbocycles. The maximum Gasteiger partial charge on any atom is 0.254 e. The normalized spacial score (nSPS) is 15.2. The van der Waals surface area contributed by atoms with Crippen LogP contribution in [-0.4, -0.2) is 17.0 Å². The Kier molecular flexibility index (Phi) is 2.11. The highest BCUT2D eigenvalue weighted by Crippen LogP contribution is 2.30. The molecule has 74 valence electrons. The van der Waals surface area contributed by atoms with Gasteiger partial charge >= 0.3 is 0 Å². The molecule has 0 atom stereocenters. The Bertz CT molecular complexity index is 372. The Morgan fingerprint density at radius 1 is 1.57 bits per heavy atom. The fraction of sp³-hybridized carbons (Fsp3) is 0.400. The summed E-state index contributed by atoms with van der Waals surface area (Å²) in [6.45, 7) is 1.86. The predicted molar refractivity (Wildman–Crippen MR) is 51.1 cm³/mol. The first-order valence-corrected chi connectivity index (χ1v) is 4.59. The zero-order valence-electron chi connectivity index (χ0n) is 7.99. The van der Waals surface area contributed by atoms with Crippen molar-refractivity contribution in [2.45, 2.75) is 25.9 Å². The molecule has 14 heavy (non-hydrogen) atoms. The average molecular weight is 192 g/mol. The van der Waals surface area contributed by atoms with Crippen LogP contribution in [0.15, 0.2) is 12.4 Å². The minimum absolute atomic E-state index is 0.259. The van der Waals surface area contributed by atoms with Gasteiger partial charge in [0.25, 0.3) is 5.91 Å². The highest BCUT2D eigenvalue weighted by Gasteiger charge is 2.26. The largest absolute Gasteiger partial charge is 0.489 e. The summed E-state index contributed by atoms with van der Waals surface area (Å²) in [5.41, 5.74) is 6.45. The Labute approximate surface area is 82.1 Å². The van der Waals surface area contributed by atoms with Gasteiger partial charge in [0.15, 0.2) is 0 Å². The van der Waals surface area contributed by atoms with Gasteiger partial charge in [-0.05, 0) is 19.8 Å². The van der Waals surface area contributed by atoms with Crippen molar-refractivity contribution < 1.29 is 9.53 Å². The lowest BCUT2D eigenvalue weighted by molar-refractivity contribution is 0.0995. The second-order valence-corrected chi connectivity index (χ2v) is 3.51. The lowest BCUT2D eigenvalue weighted by Gasteiger charge is -2.10. The van der Waals surface area contributed by atoms with Crippen molar-refractivity contribution in [3.63, 3.8) is 0 Å². The molecular weight excluding hydrogens is 180 g/mol. The maximum absolute atomic E-state index is 11.1. The minimum Gasteiger partial charge on any atom is -0.489 e. The predicted octanol–water partition coefficient (Wildman–Crippen LogP) is 1.03. The van der Waals surface area contributed by atoms with E-state index in [1.54, 1.807) is 6.20 Å². The molecule has 2 N–H and O–H groups in total. The third-order valence-electron chi connectivity index (χ3n) is 2.15. The van der Waals surface area contributed by atoms with Crippen molar-refractivity contribution >= 4 is 5.91 Å². The van der Waals surface area contributed by atoms with Crippen LogP contribution in [0.5, 0.6) is 5.75 Å². The summed E-state index contributed by atoms with van der Waals surface area (Å²) in [5.74, 6) is 0.104. The molecular formula is C10H12N2O2. The lowest BCUT2D eigenvalue weighted by Crippen LogP contribution is -2.14. The van der Waals surface area contributed by atoms with E-state index in [-0.39, 0.29) is 6.10 Å². The Balaban J connectivity index is 2.36. The number of pyridine rings is 1. The van der Waals surface area contributed by atoms with Gasteiger partial charge in [-0.25, -0.2) is 0 Å². The highest BCUT2D eigenvalue weighted by molar-refractivity contribution is 5.95. The van der Waals surface area contributed by atoms with Crippen molar-refractivity contribution in [2.24, 2.45) is 5.73 Å². The smallest absolute Gasteiger partial charge is 0.254 e. The summed E-state index contributed by atoms with van der Waals surface area (Å²) in [7, 11) is 0. The molecule has 2 rings (SSSR count). The van der Waals surface area contributed by atoms with Crippen molar-refractivity contribution in [3.05, 3.63) is 23.5 Å². The molecule has 1 aliphatic rings. The monoisotopic (exact) mass is 192 g/mol. The second kappa shape index (κ2) is 3.29. The highest BCUT2D eigenvalue weighted by atomic mass is 16.5. The van der Waals surface area contributed by atoms with Crippen molar-refractivity contribution in [3.8, 4) is 5.75 Å². The topological polar surface area (TPSA) is 65.2 Å². The number of nitrogens with two attached hydrogens (primary N) is 1. The zero-order valence-corrected chi connectivity index (χ0v) is 7.99. The molecule has 4 heteroatoms. The first-order chi connectivity index (χ1) is 6.68. The van der Waals surface area contributed by atoms with Crippen LogP contribution in [0.4, 0.5) is 0 Å². The number of hydrogen-bond donors (Lipinski definition) is 1. The number of aryl methyl sites for hydroxylation is 1. The molecule has 1 aliphatic carbocycles. The van der Waals surface area contributed by atoms with Gasteiger partial charge in [-0.2, -0.15) is 0 Å². The van der Waals surface area contributed by atoms with Gasteiger partial charge in [-0.1, -0.05) is 0 Å². The molecule has 4 nitrogen and oxygen atoms in total. The second-order valence-electron chi connectivity index (χ2n) is 3.51. The van der Waals surface area contributed by atoms with Gasteiger partial charge < -0.3 is 10.5 Å². The summed E-state index contributed by atoms with van der Waals surface area (Å²) < 4.78 is 5.61. The molecule has 1 aromatic heterocycles. The number of nitrogens with zero attached hydrogens (tertiary/aromatic N) is 1. The summed E-state index contributed by atoms with van der Waals surface area (Å²) in [4.78, 5) is 15.0. The quantitative estimate of drug-likeness (QED) is 0.777. The van der Waals surface area contributed by atoms with E-state index in [2.05, 4.69) is 4.98 Å². The third-order valence-corrected chi connectivity index (χ3v) is 2.15. The number of hydrogen-bond acceptors (Lipinski definition) is 3. The molecule has 1 fully saturated rings. The van der Waals surface area contributed by atoms with Gasteiger partial charge in [0.1, 0.15) is 5.75 Å². The van der Waals surface area contributed by atoms with Crippen LogP contribution in [0.3, 0.4) is 0 Å². The Morgan fingerprint density at radius 2 is 2.29 bits per heavy atom. The maximum atomic E-state index is 11.1. The SMILES string of the molecule is Cc1cncc(C(N)=O)c1OC1CC1. The molecule has 1 heterocycles. The van der Waals surface area contributed by atoms with Crippen molar-refractivity contribution in [1.82, 2.24) is 4.98 Å². The molecule has 0 aromatic carbocycles. The third kappa shape index (κ3) is 1.69. The average Bonchev–Trinajstić information content (AvgIpc) is 2.91. The molecule has 0 spiro atoms. The van der Waals surface area contributed by atoms with Crippen LogP contribution in [0.1, 0.15) is 28.8 Å². The van der Waals surface area contributed by atoms with Crippen LogP contribution in [0, 0.1) is 6.92 Å². The number of aromatic nitrogens is 1. The van der Waals surface area contributed by atoms with E-state index in [1.807, 2.05) is 6.92 Å². The number of ether oxygens (including phenoxy) is 1. The number of carbonyl (C=O) groups is 1. The minimum atomic E-state index is -0.489.